The molecule has 3 heteroatoms. The fourth-order valence-corrected chi connectivity index (χ4v) is 10.1. The van der Waals surface area contributed by atoms with Gasteiger partial charge in [-0.25, -0.2) is 0 Å². The predicted molar refractivity (Wildman–Crippen MR) is 135 cm³/mol. The molecule has 4 saturated carbocycles. The number of hydrogen-bond acceptors (Lipinski definition) is 3. The van der Waals surface area contributed by atoms with Gasteiger partial charge in [0.15, 0.2) is 0 Å². The molecule has 4 aliphatic carbocycles. The first-order chi connectivity index (χ1) is 15.2. The highest BCUT2D eigenvalue weighted by molar-refractivity contribution is 5.79. The Labute approximate surface area is 203 Å². The molecule has 4 rings (SSSR count). The van der Waals surface area contributed by atoms with Gasteiger partial charge in [0, 0.05) is 0 Å². The summed E-state index contributed by atoms with van der Waals surface area (Å²) in [6, 6.07) is 0. The Hall–Kier alpha value is -0.830. The maximum Gasteiger partial charge on any atom is 0.315 e. The summed E-state index contributed by atoms with van der Waals surface area (Å²) in [6.45, 7) is 23.3. The molecule has 4 aliphatic rings. The molecule has 1 N–H and O–H groups in total. The molecule has 0 aromatic rings. The van der Waals surface area contributed by atoms with Crippen LogP contribution in [-0.2, 0) is 9.53 Å². The van der Waals surface area contributed by atoms with Crippen LogP contribution in [0.15, 0.2) is 12.2 Å². The Morgan fingerprint density at radius 1 is 0.939 bits per heavy atom. The minimum Gasteiger partial charge on any atom is -0.465 e. The smallest absolute Gasteiger partial charge is 0.315 e. The average Bonchev–Trinajstić information content (AvgIpc) is 3.09. The molecule has 0 aromatic heterocycles. The summed E-state index contributed by atoms with van der Waals surface area (Å²) in [7, 11) is 0. The number of aliphatic hydroxyl groups is 1. The Morgan fingerprint density at radius 2 is 1.58 bits per heavy atom. The first-order valence-corrected chi connectivity index (χ1v) is 13.7. The SMILES string of the molecule is C=C(C1CCC2(C)C1CCC1C3(C)CCC(O)C(C)(C)C3CCC12C)C(C)(C)C(=O)OCC. The van der Waals surface area contributed by atoms with Crippen LogP contribution in [0, 0.1) is 50.7 Å². The van der Waals surface area contributed by atoms with Crippen LogP contribution < -0.4 is 0 Å². The Bertz CT molecular complexity index is 811. The summed E-state index contributed by atoms with van der Waals surface area (Å²) in [5.74, 6) is 2.19. The summed E-state index contributed by atoms with van der Waals surface area (Å²) in [4.78, 5) is 12.8. The minimum absolute atomic E-state index is 0.00223. The first-order valence-electron chi connectivity index (χ1n) is 13.7. The Kier molecular flexibility index (Phi) is 6.00. The van der Waals surface area contributed by atoms with Crippen LogP contribution in [0.3, 0.4) is 0 Å². The van der Waals surface area contributed by atoms with Crippen LogP contribution >= 0.6 is 0 Å². The van der Waals surface area contributed by atoms with Crippen LogP contribution in [-0.4, -0.2) is 23.8 Å². The molecule has 0 saturated heterocycles. The lowest BCUT2D eigenvalue weighted by atomic mass is 9.35. The summed E-state index contributed by atoms with van der Waals surface area (Å²) < 4.78 is 5.43. The van der Waals surface area contributed by atoms with Gasteiger partial charge in [-0.2, -0.15) is 0 Å². The van der Waals surface area contributed by atoms with E-state index in [0.717, 1.165) is 24.8 Å². The molecule has 0 heterocycles. The fraction of sp³-hybridized carbons (Fsp3) is 0.900. The van der Waals surface area contributed by atoms with Crippen molar-refractivity contribution in [1.29, 1.82) is 0 Å². The number of aliphatic hydroxyl groups excluding tert-OH is 1. The highest BCUT2D eigenvalue weighted by Gasteiger charge is 2.68. The van der Waals surface area contributed by atoms with Crippen molar-refractivity contribution in [2.45, 2.75) is 113 Å². The van der Waals surface area contributed by atoms with Crippen LogP contribution in [0.25, 0.3) is 0 Å². The van der Waals surface area contributed by atoms with Crippen molar-refractivity contribution in [3.63, 3.8) is 0 Å². The minimum atomic E-state index is -0.628. The molecule has 8 atom stereocenters. The molecular formula is C30H50O3. The van der Waals surface area contributed by atoms with Gasteiger partial charge in [-0.05, 0) is 117 Å². The van der Waals surface area contributed by atoms with E-state index >= 15 is 0 Å². The largest absolute Gasteiger partial charge is 0.465 e. The second-order valence-corrected chi connectivity index (χ2v) is 14.1. The second kappa shape index (κ2) is 7.84. The maximum atomic E-state index is 12.8. The Morgan fingerprint density at radius 3 is 2.21 bits per heavy atom. The van der Waals surface area contributed by atoms with Crippen molar-refractivity contribution in [2.24, 2.45) is 50.7 Å². The van der Waals surface area contributed by atoms with Gasteiger partial charge in [0.1, 0.15) is 0 Å². The van der Waals surface area contributed by atoms with Crippen molar-refractivity contribution in [1.82, 2.24) is 0 Å². The van der Waals surface area contributed by atoms with Crippen molar-refractivity contribution >= 4 is 5.97 Å². The van der Waals surface area contributed by atoms with Crippen LogP contribution in [0.1, 0.15) is 107 Å². The maximum absolute atomic E-state index is 12.8. The van der Waals surface area contributed by atoms with Crippen LogP contribution in [0.2, 0.25) is 0 Å². The molecule has 188 valence electrons. The van der Waals surface area contributed by atoms with E-state index in [4.69, 9.17) is 4.74 Å². The van der Waals surface area contributed by atoms with E-state index in [-0.39, 0.29) is 22.9 Å². The molecule has 0 radical (unpaired) electrons. The summed E-state index contributed by atoms with van der Waals surface area (Å²) in [6.07, 6.45) is 9.34. The lowest BCUT2D eigenvalue weighted by Gasteiger charge is -2.69. The third-order valence-electron chi connectivity index (χ3n) is 12.4. The zero-order valence-electron chi connectivity index (χ0n) is 22.7. The van der Waals surface area contributed by atoms with E-state index in [0.29, 0.717) is 41.1 Å². The number of rotatable bonds is 4. The number of esters is 1. The second-order valence-electron chi connectivity index (χ2n) is 14.1. The quantitative estimate of drug-likeness (QED) is 0.358. The van der Waals surface area contributed by atoms with E-state index in [1.165, 1.54) is 32.1 Å². The number of carbonyl (C=O) groups excluding carboxylic acids is 1. The van der Waals surface area contributed by atoms with Crippen LogP contribution in [0.4, 0.5) is 0 Å². The van der Waals surface area contributed by atoms with Gasteiger partial charge < -0.3 is 9.84 Å². The van der Waals surface area contributed by atoms with E-state index in [1.807, 2.05) is 20.8 Å². The average molecular weight is 459 g/mol. The zero-order chi connectivity index (χ0) is 24.6. The molecular weight excluding hydrogens is 408 g/mol. The van der Waals surface area contributed by atoms with E-state index in [1.54, 1.807) is 0 Å². The third-order valence-corrected chi connectivity index (χ3v) is 12.4. The highest BCUT2D eigenvalue weighted by atomic mass is 16.5. The lowest BCUT2D eigenvalue weighted by molar-refractivity contribution is -0.220. The van der Waals surface area contributed by atoms with Crippen LogP contribution in [0.5, 0.6) is 0 Å². The number of ether oxygens (including phenoxy) is 1. The molecule has 4 fully saturated rings. The molecule has 0 bridgehead atoms. The van der Waals surface area contributed by atoms with Gasteiger partial charge >= 0.3 is 5.97 Å². The van der Waals surface area contributed by atoms with Crippen molar-refractivity contribution in [2.75, 3.05) is 6.61 Å². The van der Waals surface area contributed by atoms with Gasteiger partial charge in [0.25, 0.3) is 0 Å². The zero-order valence-corrected chi connectivity index (χ0v) is 22.7. The van der Waals surface area contributed by atoms with E-state index < -0.39 is 5.41 Å². The molecule has 0 aliphatic heterocycles. The Balaban J connectivity index is 1.64. The van der Waals surface area contributed by atoms with Gasteiger partial charge in [0.05, 0.1) is 18.1 Å². The van der Waals surface area contributed by atoms with E-state index in [2.05, 4.69) is 41.2 Å². The van der Waals surface area contributed by atoms with Crippen molar-refractivity contribution in [3.05, 3.63) is 12.2 Å². The fourth-order valence-electron chi connectivity index (χ4n) is 10.1. The van der Waals surface area contributed by atoms with Gasteiger partial charge in [0.2, 0.25) is 0 Å². The summed E-state index contributed by atoms with van der Waals surface area (Å²) in [5.41, 5.74) is 1.37. The van der Waals surface area contributed by atoms with Gasteiger partial charge in [-0.15, -0.1) is 0 Å². The summed E-state index contributed by atoms with van der Waals surface area (Å²) in [5, 5.41) is 10.9. The predicted octanol–water partition coefficient (Wildman–Crippen LogP) is 7.18. The number of fused-ring (bicyclic) bond motifs is 5. The molecule has 0 amide bonds. The van der Waals surface area contributed by atoms with Gasteiger partial charge in [-0.1, -0.05) is 46.8 Å². The number of hydrogen-bond donors (Lipinski definition) is 1. The molecule has 33 heavy (non-hydrogen) atoms. The standard InChI is InChI=1S/C30H50O3/c1-10-33-25(32)26(3,4)19(2)20-13-17-29(8)21(20)11-12-23-28(7)16-15-24(31)27(5,6)22(28)14-18-30(23,29)9/h20-24,31H,2,10-18H2,1,3-9H3. The normalized spacial score (nSPS) is 46.6. The summed E-state index contributed by atoms with van der Waals surface area (Å²) >= 11 is 0. The highest BCUT2D eigenvalue weighted by Crippen LogP contribution is 2.75. The van der Waals surface area contributed by atoms with E-state index in [9.17, 15) is 9.90 Å². The third kappa shape index (κ3) is 3.26. The molecule has 0 aromatic carbocycles. The molecule has 3 nitrogen and oxygen atoms in total. The number of carbonyl (C=O) groups is 1. The lowest BCUT2D eigenvalue weighted by Crippen LogP contribution is -2.63. The van der Waals surface area contributed by atoms with Crippen molar-refractivity contribution < 1.29 is 14.6 Å². The topological polar surface area (TPSA) is 46.5 Å². The molecule has 0 spiro atoms. The van der Waals surface area contributed by atoms with Gasteiger partial charge in [-0.3, -0.25) is 4.79 Å². The first kappa shape index (κ1) is 25.3. The van der Waals surface area contributed by atoms with Crippen molar-refractivity contribution in [3.8, 4) is 0 Å². The monoisotopic (exact) mass is 458 g/mol. The molecule has 8 unspecified atom stereocenters.